The third-order valence-corrected chi connectivity index (χ3v) is 6.20. The van der Waals surface area contributed by atoms with E-state index < -0.39 is 0 Å². The van der Waals surface area contributed by atoms with Crippen LogP contribution in [0.15, 0.2) is 11.5 Å². The summed E-state index contributed by atoms with van der Waals surface area (Å²) in [6, 6.07) is 0. The molecule has 1 fully saturated rings. The molecule has 1 aliphatic carbocycles. The van der Waals surface area contributed by atoms with Crippen LogP contribution in [0.4, 0.5) is 0 Å². The van der Waals surface area contributed by atoms with Gasteiger partial charge in [-0.3, -0.25) is 0 Å². The van der Waals surface area contributed by atoms with Gasteiger partial charge in [0.2, 0.25) is 0 Å². The summed E-state index contributed by atoms with van der Waals surface area (Å²) in [5, 5.41) is 6.27. The lowest BCUT2D eigenvalue weighted by atomic mass is 9.85. The molecule has 1 saturated carbocycles. The van der Waals surface area contributed by atoms with Crippen molar-refractivity contribution in [2.75, 3.05) is 11.1 Å². The molecular formula is C12H20BrN3S. The van der Waals surface area contributed by atoms with Crippen molar-refractivity contribution in [1.82, 2.24) is 14.8 Å². The van der Waals surface area contributed by atoms with Crippen molar-refractivity contribution in [1.29, 1.82) is 0 Å². The number of rotatable bonds is 4. The van der Waals surface area contributed by atoms with E-state index in [0.29, 0.717) is 5.41 Å². The van der Waals surface area contributed by atoms with Gasteiger partial charge in [0.05, 0.1) is 0 Å². The Hall–Kier alpha value is -0.0300. The number of hydrogen-bond donors (Lipinski definition) is 0. The van der Waals surface area contributed by atoms with E-state index in [1.54, 1.807) is 6.33 Å². The highest BCUT2D eigenvalue weighted by atomic mass is 79.9. The summed E-state index contributed by atoms with van der Waals surface area (Å²) in [7, 11) is 1.96. The maximum Gasteiger partial charge on any atom is 0.185 e. The molecule has 2 rings (SSSR count). The second-order valence-corrected chi connectivity index (χ2v) is 6.51. The fraction of sp³-hybridized carbons (Fsp3) is 0.833. The van der Waals surface area contributed by atoms with E-state index in [-0.39, 0.29) is 0 Å². The summed E-state index contributed by atoms with van der Waals surface area (Å²) in [5.74, 6) is 1.16. The van der Waals surface area contributed by atoms with E-state index >= 15 is 0 Å². The number of hydrogen-bond acceptors (Lipinski definition) is 3. The van der Waals surface area contributed by atoms with E-state index in [1.165, 1.54) is 38.5 Å². The molecule has 0 aromatic carbocycles. The zero-order valence-corrected chi connectivity index (χ0v) is 12.8. The molecular weight excluding hydrogens is 298 g/mol. The molecule has 0 bridgehead atoms. The molecule has 1 heterocycles. The first-order valence-electron chi connectivity index (χ1n) is 6.29. The van der Waals surface area contributed by atoms with E-state index in [1.807, 2.05) is 23.5 Å². The minimum atomic E-state index is 0.465. The summed E-state index contributed by atoms with van der Waals surface area (Å²) in [5.41, 5.74) is 0.465. The average molecular weight is 318 g/mol. The summed E-state index contributed by atoms with van der Waals surface area (Å²) in [4.78, 5) is 4.29. The van der Waals surface area contributed by atoms with E-state index in [4.69, 9.17) is 0 Å². The zero-order chi connectivity index (χ0) is 12.1. The van der Waals surface area contributed by atoms with Crippen molar-refractivity contribution in [3.05, 3.63) is 6.33 Å². The maximum atomic E-state index is 4.29. The Kier molecular flexibility index (Phi) is 4.91. The van der Waals surface area contributed by atoms with Crippen LogP contribution in [-0.2, 0) is 7.05 Å². The molecule has 5 heteroatoms. The first-order valence-corrected chi connectivity index (χ1v) is 8.39. The van der Waals surface area contributed by atoms with E-state index in [9.17, 15) is 0 Å². The maximum absolute atomic E-state index is 4.29. The third-order valence-electron chi connectivity index (χ3n) is 3.62. The Morgan fingerprint density at radius 2 is 2.06 bits per heavy atom. The molecule has 0 spiro atoms. The predicted octanol–water partition coefficient (Wildman–Crippen LogP) is 3.64. The molecule has 0 amide bonds. The van der Waals surface area contributed by atoms with Crippen molar-refractivity contribution in [3.8, 4) is 0 Å². The van der Waals surface area contributed by atoms with Crippen LogP contribution in [0, 0.1) is 5.41 Å². The topological polar surface area (TPSA) is 30.7 Å². The van der Waals surface area contributed by atoms with Crippen molar-refractivity contribution in [2.45, 2.75) is 43.7 Å². The van der Waals surface area contributed by atoms with Crippen molar-refractivity contribution < 1.29 is 0 Å². The van der Waals surface area contributed by atoms with Gasteiger partial charge in [0.15, 0.2) is 5.16 Å². The monoisotopic (exact) mass is 317 g/mol. The van der Waals surface area contributed by atoms with Crippen molar-refractivity contribution in [2.24, 2.45) is 12.5 Å². The molecule has 0 unspecified atom stereocenters. The highest BCUT2D eigenvalue weighted by Crippen LogP contribution is 2.40. The van der Waals surface area contributed by atoms with Crippen LogP contribution in [0.25, 0.3) is 0 Å². The third kappa shape index (κ3) is 3.47. The van der Waals surface area contributed by atoms with E-state index in [0.717, 1.165) is 16.2 Å². The van der Waals surface area contributed by atoms with Gasteiger partial charge in [0, 0.05) is 18.1 Å². The summed E-state index contributed by atoms with van der Waals surface area (Å²) in [6.07, 6.45) is 9.91. The lowest BCUT2D eigenvalue weighted by Crippen LogP contribution is -2.25. The van der Waals surface area contributed by atoms with E-state index in [2.05, 4.69) is 26.0 Å². The van der Waals surface area contributed by atoms with Gasteiger partial charge in [-0.05, 0) is 18.3 Å². The van der Waals surface area contributed by atoms with Gasteiger partial charge in [-0.25, -0.2) is 9.67 Å². The molecule has 0 aliphatic heterocycles. The minimum Gasteiger partial charge on any atom is -0.244 e. The number of nitrogens with zero attached hydrogens (tertiary/aromatic N) is 3. The van der Waals surface area contributed by atoms with Crippen LogP contribution in [0.1, 0.15) is 38.5 Å². The normalized spacial score (nSPS) is 20.1. The summed E-state index contributed by atoms with van der Waals surface area (Å²) >= 11 is 5.58. The van der Waals surface area contributed by atoms with Crippen LogP contribution < -0.4 is 0 Å². The fourth-order valence-corrected chi connectivity index (χ4v) is 4.63. The minimum absolute atomic E-state index is 0.465. The lowest BCUT2D eigenvalue weighted by Gasteiger charge is -2.30. The molecule has 3 nitrogen and oxygen atoms in total. The molecule has 0 N–H and O–H groups in total. The van der Waals surface area contributed by atoms with Crippen LogP contribution in [0.2, 0.25) is 0 Å². The summed E-state index contributed by atoms with van der Waals surface area (Å²) < 4.78 is 1.86. The Balaban J connectivity index is 1.96. The number of aryl methyl sites for hydroxylation is 1. The number of aromatic nitrogens is 3. The molecule has 1 aromatic rings. The first-order chi connectivity index (χ1) is 8.26. The van der Waals surface area contributed by atoms with Crippen LogP contribution in [-0.4, -0.2) is 25.8 Å². The molecule has 0 radical (unpaired) electrons. The van der Waals surface area contributed by atoms with Gasteiger partial charge in [-0.15, -0.1) is 0 Å². The second-order valence-electron chi connectivity index (χ2n) is 5.00. The van der Waals surface area contributed by atoms with Crippen molar-refractivity contribution >= 4 is 27.7 Å². The van der Waals surface area contributed by atoms with Gasteiger partial charge in [-0.2, -0.15) is 5.10 Å². The standard InChI is InChI=1S/C12H20BrN3S/c1-16-11(14-10-15-16)17-9-12(8-13)6-4-2-3-5-7-12/h10H,2-9H2,1H3. The van der Waals surface area contributed by atoms with Crippen LogP contribution in [0.3, 0.4) is 0 Å². The highest BCUT2D eigenvalue weighted by molar-refractivity contribution is 9.09. The Bertz CT molecular complexity index is 345. The lowest BCUT2D eigenvalue weighted by molar-refractivity contribution is 0.334. The molecule has 17 heavy (non-hydrogen) atoms. The molecule has 1 aliphatic rings. The van der Waals surface area contributed by atoms with Crippen LogP contribution >= 0.6 is 27.7 Å². The fourth-order valence-electron chi connectivity index (χ4n) is 2.43. The molecule has 1 aromatic heterocycles. The number of thioether (sulfide) groups is 1. The quantitative estimate of drug-likeness (QED) is 0.482. The SMILES string of the molecule is Cn1ncnc1SCC1(CBr)CCCCCC1. The smallest absolute Gasteiger partial charge is 0.185 e. The number of alkyl halides is 1. The van der Waals surface area contributed by atoms with Gasteiger partial charge in [-0.1, -0.05) is 53.4 Å². The zero-order valence-electron chi connectivity index (χ0n) is 10.4. The van der Waals surface area contributed by atoms with Crippen LogP contribution in [0.5, 0.6) is 0 Å². The predicted molar refractivity (Wildman–Crippen MR) is 75.7 cm³/mol. The number of halogens is 1. The Labute approximate surface area is 116 Å². The average Bonchev–Trinajstić information content (AvgIpc) is 2.63. The second kappa shape index (κ2) is 6.23. The first kappa shape index (κ1) is 13.4. The summed E-state index contributed by atoms with van der Waals surface area (Å²) in [6.45, 7) is 0. The largest absolute Gasteiger partial charge is 0.244 e. The molecule has 0 saturated heterocycles. The Morgan fingerprint density at radius 3 is 2.59 bits per heavy atom. The van der Waals surface area contributed by atoms with Gasteiger partial charge in [0.25, 0.3) is 0 Å². The molecule has 0 atom stereocenters. The van der Waals surface area contributed by atoms with Gasteiger partial charge >= 0.3 is 0 Å². The van der Waals surface area contributed by atoms with Crippen molar-refractivity contribution in [3.63, 3.8) is 0 Å². The molecule has 96 valence electrons. The highest BCUT2D eigenvalue weighted by Gasteiger charge is 2.30. The van der Waals surface area contributed by atoms with Gasteiger partial charge in [0.1, 0.15) is 6.33 Å². The Morgan fingerprint density at radius 1 is 1.35 bits per heavy atom. The van der Waals surface area contributed by atoms with Gasteiger partial charge < -0.3 is 0 Å².